The molecule has 10 heavy (non-hydrogen) atoms. The van der Waals surface area contributed by atoms with Gasteiger partial charge in [-0.05, 0) is 18.2 Å². The summed E-state index contributed by atoms with van der Waals surface area (Å²) in [7, 11) is 0. The molecule has 49 valence electrons. The summed E-state index contributed by atoms with van der Waals surface area (Å²) < 4.78 is 0. The van der Waals surface area contributed by atoms with Crippen LogP contribution >= 0.6 is 11.6 Å². The number of fused-ring (bicyclic) bond motifs is 1. The zero-order valence-electron chi connectivity index (χ0n) is 5.19. The highest BCUT2D eigenvalue weighted by Crippen LogP contribution is 2.20. The lowest BCUT2D eigenvalue weighted by Crippen LogP contribution is -1.66. The first-order chi connectivity index (χ1) is 4.88. The molecule has 0 saturated carbocycles. The number of hydrogen-bond acceptors (Lipinski definition) is 0. The van der Waals surface area contributed by atoms with E-state index in [2.05, 4.69) is 11.2 Å². The molecule has 0 bridgehead atoms. The smallest absolute Gasteiger partial charge is 0.0631 e. The van der Waals surface area contributed by atoms with Gasteiger partial charge in [0.05, 0.1) is 6.20 Å². The zero-order valence-corrected chi connectivity index (χ0v) is 5.94. The number of halogens is 1. The van der Waals surface area contributed by atoms with Crippen molar-refractivity contribution in [3.05, 3.63) is 35.5 Å². The van der Waals surface area contributed by atoms with Gasteiger partial charge in [-0.15, -0.1) is 0 Å². The molecule has 2 aromatic rings. The molecule has 0 aliphatic heterocycles. The van der Waals surface area contributed by atoms with Gasteiger partial charge in [-0.1, -0.05) is 17.7 Å². The predicted octanol–water partition coefficient (Wildman–Crippen LogP) is 2.62. The van der Waals surface area contributed by atoms with Gasteiger partial charge in [-0.3, -0.25) is 0 Å². The van der Waals surface area contributed by atoms with Crippen molar-refractivity contribution in [3.8, 4) is 0 Å². The Hall–Kier alpha value is -0.950. The molecule has 1 nitrogen and oxygen atoms in total. The van der Waals surface area contributed by atoms with E-state index in [9.17, 15) is 0 Å². The summed E-state index contributed by atoms with van der Waals surface area (Å²) in [4.78, 5) is 2.95. The Morgan fingerprint density at radius 1 is 1.40 bits per heavy atom. The molecule has 0 unspecified atom stereocenters. The zero-order chi connectivity index (χ0) is 6.97. The van der Waals surface area contributed by atoms with Gasteiger partial charge in [0, 0.05) is 15.9 Å². The monoisotopic (exact) mass is 150 g/mol. The second-order valence-electron chi connectivity index (χ2n) is 2.11. The van der Waals surface area contributed by atoms with E-state index in [1.54, 1.807) is 0 Å². The van der Waals surface area contributed by atoms with E-state index in [-0.39, 0.29) is 0 Å². The van der Waals surface area contributed by atoms with Crippen molar-refractivity contribution in [1.29, 1.82) is 0 Å². The van der Waals surface area contributed by atoms with E-state index in [1.165, 1.54) is 0 Å². The minimum atomic E-state index is 0.773. The van der Waals surface area contributed by atoms with Crippen LogP contribution in [-0.2, 0) is 0 Å². The number of rotatable bonds is 0. The normalized spacial score (nSPS) is 10.5. The second kappa shape index (κ2) is 2.03. The third kappa shape index (κ3) is 0.711. The van der Waals surface area contributed by atoms with Crippen LogP contribution in [0.2, 0.25) is 5.02 Å². The summed E-state index contributed by atoms with van der Waals surface area (Å²) in [6, 6.07) is 7.59. The van der Waals surface area contributed by atoms with Crippen LogP contribution in [-0.4, -0.2) is 4.98 Å². The van der Waals surface area contributed by atoms with Gasteiger partial charge in [0.25, 0.3) is 0 Å². The minimum Gasteiger partial charge on any atom is -0.353 e. The number of hydrogen-bond donors (Lipinski definition) is 1. The number of aromatic nitrogens is 1. The molecule has 0 aliphatic carbocycles. The van der Waals surface area contributed by atoms with Crippen LogP contribution in [0.25, 0.3) is 10.9 Å². The highest BCUT2D eigenvalue weighted by Gasteiger charge is 1.96. The van der Waals surface area contributed by atoms with Crippen molar-refractivity contribution in [2.75, 3.05) is 0 Å². The van der Waals surface area contributed by atoms with Crippen molar-refractivity contribution >= 4 is 22.5 Å². The lowest BCUT2D eigenvalue weighted by Gasteiger charge is -1.89. The summed E-state index contributed by atoms with van der Waals surface area (Å²) in [5, 5.41) is 1.80. The van der Waals surface area contributed by atoms with Crippen molar-refractivity contribution in [2.45, 2.75) is 0 Å². The van der Waals surface area contributed by atoms with Gasteiger partial charge in [0.2, 0.25) is 0 Å². The lowest BCUT2D eigenvalue weighted by molar-refractivity contribution is 1.46. The molecule has 1 N–H and O–H groups in total. The van der Waals surface area contributed by atoms with E-state index >= 15 is 0 Å². The number of aromatic amines is 1. The highest BCUT2D eigenvalue weighted by molar-refractivity contribution is 6.35. The molecule has 0 aliphatic rings. The van der Waals surface area contributed by atoms with Gasteiger partial charge >= 0.3 is 0 Å². The fourth-order valence-corrected chi connectivity index (χ4v) is 1.21. The molecular weight excluding hydrogens is 146 g/mol. The molecule has 1 radical (unpaired) electrons. The Morgan fingerprint density at radius 2 is 2.30 bits per heavy atom. The van der Waals surface area contributed by atoms with Crippen LogP contribution in [0.5, 0.6) is 0 Å². The third-order valence-corrected chi connectivity index (χ3v) is 1.81. The Labute approximate surface area is 63.6 Å². The summed E-state index contributed by atoms with van der Waals surface area (Å²) >= 11 is 5.86. The first kappa shape index (κ1) is 5.81. The van der Waals surface area contributed by atoms with Gasteiger partial charge in [-0.2, -0.15) is 0 Å². The van der Waals surface area contributed by atoms with Crippen LogP contribution in [0.15, 0.2) is 24.3 Å². The molecule has 0 spiro atoms. The summed E-state index contributed by atoms with van der Waals surface area (Å²) in [5.74, 6) is 0. The molecule has 1 heterocycles. The number of H-pyrrole nitrogens is 1. The fraction of sp³-hybridized carbons (Fsp3) is 0. The van der Waals surface area contributed by atoms with Crippen molar-refractivity contribution < 1.29 is 0 Å². The topological polar surface area (TPSA) is 15.8 Å². The summed E-state index contributed by atoms with van der Waals surface area (Å²) in [6.45, 7) is 0. The minimum absolute atomic E-state index is 0.773. The highest BCUT2D eigenvalue weighted by atomic mass is 35.5. The molecule has 2 heteroatoms. The van der Waals surface area contributed by atoms with Crippen molar-refractivity contribution in [3.63, 3.8) is 0 Å². The Morgan fingerprint density at radius 3 is 3.10 bits per heavy atom. The maximum absolute atomic E-state index is 5.86. The van der Waals surface area contributed by atoms with Gasteiger partial charge < -0.3 is 4.98 Å². The molecule has 1 aromatic carbocycles. The Kier molecular flexibility index (Phi) is 1.18. The first-order valence-electron chi connectivity index (χ1n) is 3.01. The third-order valence-electron chi connectivity index (χ3n) is 1.48. The summed E-state index contributed by atoms with van der Waals surface area (Å²) in [5.41, 5.74) is 1.03. The van der Waals surface area contributed by atoms with Crippen LogP contribution in [0, 0.1) is 6.20 Å². The average molecular weight is 151 g/mol. The predicted molar refractivity (Wildman–Crippen MR) is 42.1 cm³/mol. The van der Waals surface area contributed by atoms with Crippen LogP contribution in [0.1, 0.15) is 0 Å². The van der Waals surface area contributed by atoms with E-state index in [4.69, 9.17) is 11.6 Å². The fourth-order valence-electron chi connectivity index (χ4n) is 0.979. The molecule has 0 fully saturated rings. The van der Waals surface area contributed by atoms with Gasteiger partial charge in [0.1, 0.15) is 0 Å². The average Bonchev–Trinajstić information content (AvgIpc) is 2.36. The first-order valence-corrected chi connectivity index (χ1v) is 3.39. The number of benzene rings is 1. The molecule has 0 atom stereocenters. The molecule has 0 saturated heterocycles. The Bertz CT molecular complexity index is 351. The van der Waals surface area contributed by atoms with Gasteiger partial charge in [0.15, 0.2) is 0 Å². The van der Waals surface area contributed by atoms with E-state index in [1.807, 2.05) is 24.3 Å². The van der Waals surface area contributed by atoms with E-state index in [0.717, 1.165) is 15.9 Å². The molecule has 2 rings (SSSR count). The quantitative estimate of drug-likeness (QED) is 0.594. The standard InChI is InChI=1S/C8H5ClN/c9-7-2-1-3-8-6(7)4-5-10-8/h1-4,10H. The maximum Gasteiger partial charge on any atom is 0.0631 e. The molecular formula is C8H5ClN. The van der Waals surface area contributed by atoms with Crippen LogP contribution in [0.4, 0.5) is 0 Å². The van der Waals surface area contributed by atoms with Crippen LogP contribution in [0.3, 0.4) is 0 Å². The second-order valence-corrected chi connectivity index (χ2v) is 2.52. The SMILES string of the molecule is Clc1cccc2[nH][c]cc12. The Balaban J connectivity index is 2.95. The lowest BCUT2D eigenvalue weighted by atomic mass is 10.2. The largest absolute Gasteiger partial charge is 0.353 e. The summed E-state index contributed by atoms with van der Waals surface area (Å²) in [6.07, 6.45) is 2.87. The maximum atomic E-state index is 5.86. The van der Waals surface area contributed by atoms with E-state index in [0.29, 0.717) is 0 Å². The van der Waals surface area contributed by atoms with Gasteiger partial charge in [-0.25, -0.2) is 0 Å². The van der Waals surface area contributed by atoms with Crippen LogP contribution < -0.4 is 0 Å². The van der Waals surface area contributed by atoms with E-state index < -0.39 is 0 Å². The molecule has 0 amide bonds. The van der Waals surface area contributed by atoms with Crippen molar-refractivity contribution in [2.24, 2.45) is 0 Å². The molecule has 1 aromatic heterocycles. The number of nitrogens with one attached hydrogen (secondary N) is 1. The van der Waals surface area contributed by atoms with Crippen molar-refractivity contribution in [1.82, 2.24) is 4.98 Å².